The Labute approximate surface area is 106 Å². The second-order valence-corrected chi connectivity index (χ2v) is 4.74. The highest BCUT2D eigenvalue weighted by atomic mass is 14.9. The summed E-state index contributed by atoms with van der Waals surface area (Å²) < 4.78 is 2.19. The van der Waals surface area contributed by atoms with Gasteiger partial charge in [-0.25, -0.2) is 0 Å². The molecule has 18 heavy (non-hydrogen) atoms. The molecule has 0 bridgehead atoms. The van der Waals surface area contributed by atoms with Gasteiger partial charge in [-0.3, -0.25) is 0 Å². The van der Waals surface area contributed by atoms with Crippen LogP contribution in [-0.2, 0) is 19.9 Å². The Morgan fingerprint density at radius 3 is 2.83 bits per heavy atom. The van der Waals surface area contributed by atoms with Gasteiger partial charge in [0, 0.05) is 41.7 Å². The van der Waals surface area contributed by atoms with E-state index in [9.17, 15) is 0 Å². The van der Waals surface area contributed by atoms with Crippen molar-refractivity contribution in [2.24, 2.45) is 7.05 Å². The molecule has 2 heterocycles. The highest BCUT2D eigenvalue weighted by Gasteiger charge is 2.06. The van der Waals surface area contributed by atoms with Crippen LogP contribution in [-0.4, -0.2) is 9.55 Å². The van der Waals surface area contributed by atoms with Crippen LogP contribution in [0.25, 0.3) is 10.9 Å². The Balaban J connectivity index is 1.86. The number of nitrogens with two attached hydrogens (primary N) is 1. The largest absolute Gasteiger partial charge is 0.397 e. The number of hydrogen-bond donors (Lipinski definition) is 2. The predicted molar refractivity (Wildman–Crippen MR) is 75.5 cm³/mol. The van der Waals surface area contributed by atoms with Gasteiger partial charge >= 0.3 is 0 Å². The molecule has 0 aliphatic carbocycles. The average Bonchev–Trinajstić information content (AvgIpc) is 2.92. The molecule has 0 atom stereocenters. The van der Waals surface area contributed by atoms with E-state index in [4.69, 9.17) is 5.73 Å². The number of aromatic amines is 1. The summed E-state index contributed by atoms with van der Waals surface area (Å²) in [4.78, 5) is 3.20. The van der Waals surface area contributed by atoms with Crippen LogP contribution in [0, 0.1) is 0 Å². The molecule has 3 nitrogen and oxygen atoms in total. The maximum Gasteiger partial charge on any atom is 0.0494 e. The SMILES string of the molecule is Cn1cc(CCc2cc(N)c[nH]2)c2ccccc21. The third-order valence-corrected chi connectivity index (χ3v) is 3.41. The molecule has 3 aromatic rings. The quantitative estimate of drug-likeness (QED) is 0.725. The summed E-state index contributed by atoms with van der Waals surface area (Å²) in [5.41, 5.74) is 10.4. The van der Waals surface area contributed by atoms with E-state index in [1.165, 1.54) is 22.2 Å². The van der Waals surface area contributed by atoms with Crippen LogP contribution in [0.1, 0.15) is 11.3 Å². The van der Waals surface area contributed by atoms with Crippen molar-refractivity contribution < 1.29 is 0 Å². The maximum atomic E-state index is 5.71. The van der Waals surface area contributed by atoms with E-state index in [1.54, 1.807) is 0 Å². The van der Waals surface area contributed by atoms with Gasteiger partial charge in [-0.2, -0.15) is 0 Å². The monoisotopic (exact) mass is 239 g/mol. The third kappa shape index (κ3) is 1.88. The summed E-state index contributed by atoms with van der Waals surface area (Å²) in [5.74, 6) is 0. The lowest BCUT2D eigenvalue weighted by Gasteiger charge is -1.98. The standard InChI is InChI=1S/C15H17N3/c1-18-10-11(14-4-2-3-5-15(14)18)6-7-13-8-12(16)9-17-13/h2-5,8-10,17H,6-7,16H2,1H3. The zero-order valence-corrected chi connectivity index (χ0v) is 10.5. The number of H-pyrrole nitrogens is 1. The molecule has 0 fully saturated rings. The Morgan fingerprint density at radius 1 is 1.22 bits per heavy atom. The van der Waals surface area contributed by atoms with E-state index in [1.807, 2.05) is 12.3 Å². The van der Waals surface area contributed by atoms with E-state index in [0.29, 0.717) is 0 Å². The summed E-state index contributed by atoms with van der Waals surface area (Å²) in [6, 6.07) is 10.5. The number of nitrogen functional groups attached to an aromatic ring is 1. The summed E-state index contributed by atoms with van der Waals surface area (Å²) in [7, 11) is 2.10. The first-order chi connectivity index (χ1) is 8.74. The molecule has 3 rings (SSSR count). The maximum absolute atomic E-state index is 5.71. The lowest BCUT2D eigenvalue weighted by Crippen LogP contribution is -1.90. The lowest BCUT2D eigenvalue weighted by atomic mass is 10.1. The average molecular weight is 239 g/mol. The van der Waals surface area contributed by atoms with Gasteiger partial charge < -0.3 is 15.3 Å². The number of nitrogens with one attached hydrogen (secondary N) is 1. The fourth-order valence-electron chi connectivity index (χ4n) is 2.50. The van der Waals surface area contributed by atoms with E-state index in [-0.39, 0.29) is 0 Å². The van der Waals surface area contributed by atoms with Crippen molar-refractivity contribution in [3.05, 3.63) is 54.0 Å². The molecule has 1 aromatic carbocycles. The zero-order valence-electron chi connectivity index (χ0n) is 10.5. The van der Waals surface area contributed by atoms with Crippen molar-refractivity contribution in [1.29, 1.82) is 0 Å². The Bertz CT molecular complexity index is 676. The molecule has 0 aliphatic heterocycles. The first kappa shape index (κ1) is 11.0. The Morgan fingerprint density at radius 2 is 2.06 bits per heavy atom. The van der Waals surface area contributed by atoms with Gasteiger partial charge in [0.05, 0.1) is 0 Å². The number of rotatable bonds is 3. The smallest absolute Gasteiger partial charge is 0.0494 e. The van der Waals surface area contributed by atoms with Gasteiger partial charge in [0.2, 0.25) is 0 Å². The fourth-order valence-corrected chi connectivity index (χ4v) is 2.50. The van der Waals surface area contributed by atoms with Crippen molar-refractivity contribution in [2.45, 2.75) is 12.8 Å². The summed E-state index contributed by atoms with van der Waals surface area (Å²) in [6.07, 6.45) is 6.09. The minimum absolute atomic E-state index is 0.808. The summed E-state index contributed by atoms with van der Waals surface area (Å²) in [6.45, 7) is 0. The molecule has 0 aliphatic rings. The predicted octanol–water partition coefficient (Wildman–Crippen LogP) is 2.87. The van der Waals surface area contributed by atoms with E-state index >= 15 is 0 Å². The number of anilines is 1. The molecule has 92 valence electrons. The molecular formula is C15H17N3. The van der Waals surface area contributed by atoms with E-state index < -0.39 is 0 Å². The molecule has 0 saturated heterocycles. The van der Waals surface area contributed by atoms with Crippen molar-refractivity contribution >= 4 is 16.6 Å². The Hall–Kier alpha value is -2.16. The van der Waals surface area contributed by atoms with Crippen LogP contribution in [0.4, 0.5) is 5.69 Å². The van der Waals surface area contributed by atoms with Crippen LogP contribution >= 0.6 is 0 Å². The van der Waals surface area contributed by atoms with Crippen molar-refractivity contribution in [2.75, 3.05) is 5.73 Å². The summed E-state index contributed by atoms with van der Waals surface area (Å²) in [5, 5.41) is 1.35. The summed E-state index contributed by atoms with van der Waals surface area (Å²) >= 11 is 0. The van der Waals surface area contributed by atoms with E-state index in [2.05, 4.69) is 47.1 Å². The number of aryl methyl sites for hydroxylation is 3. The number of fused-ring (bicyclic) bond motifs is 1. The normalized spacial score (nSPS) is 11.2. The molecular weight excluding hydrogens is 222 g/mol. The molecule has 0 unspecified atom stereocenters. The number of nitrogens with zero attached hydrogens (tertiary/aromatic N) is 1. The van der Waals surface area contributed by atoms with Gasteiger partial charge in [-0.15, -0.1) is 0 Å². The van der Waals surface area contributed by atoms with Gasteiger partial charge in [-0.1, -0.05) is 18.2 Å². The molecule has 3 heteroatoms. The van der Waals surface area contributed by atoms with Crippen molar-refractivity contribution in [1.82, 2.24) is 9.55 Å². The first-order valence-electron chi connectivity index (χ1n) is 6.20. The molecule has 2 aromatic heterocycles. The van der Waals surface area contributed by atoms with Crippen molar-refractivity contribution in [3.63, 3.8) is 0 Å². The molecule has 0 saturated carbocycles. The van der Waals surface area contributed by atoms with Crippen LogP contribution in [0.15, 0.2) is 42.7 Å². The topological polar surface area (TPSA) is 46.7 Å². The fraction of sp³-hybridized carbons (Fsp3) is 0.200. The molecule has 0 amide bonds. The molecule has 0 radical (unpaired) electrons. The third-order valence-electron chi connectivity index (χ3n) is 3.41. The number of para-hydroxylation sites is 1. The number of aromatic nitrogens is 2. The minimum atomic E-state index is 0.808. The highest BCUT2D eigenvalue weighted by Crippen LogP contribution is 2.21. The second-order valence-electron chi connectivity index (χ2n) is 4.74. The van der Waals surface area contributed by atoms with Crippen molar-refractivity contribution in [3.8, 4) is 0 Å². The van der Waals surface area contributed by atoms with E-state index in [0.717, 1.165) is 18.5 Å². The number of benzene rings is 1. The van der Waals surface area contributed by atoms with Crippen LogP contribution in [0.5, 0.6) is 0 Å². The van der Waals surface area contributed by atoms with Gasteiger partial charge in [0.15, 0.2) is 0 Å². The van der Waals surface area contributed by atoms with Crippen LogP contribution < -0.4 is 5.73 Å². The second kappa shape index (κ2) is 4.26. The lowest BCUT2D eigenvalue weighted by molar-refractivity contribution is 0.906. The zero-order chi connectivity index (χ0) is 12.5. The van der Waals surface area contributed by atoms with Gasteiger partial charge in [0.1, 0.15) is 0 Å². The highest BCUT2D eigenvalue weighted by molar-refractivity contribution is 5.83. The minimum Gasteiger partial charge on any atom is -0.397 e. The van der Waals surface area contributed by atoms with Crippen LogP contribution in [0.2, 0.25) is 0 Å². The van der Waals surface area contributed by atoms with Gasteiger partial charge in [0.25, 0.3) is 0 Å². The Kier molecular flexibility index (Phi) is 2.59. The molecule has 3 N–H and O–H groups in total. The van der Waals surface area contributed by atoms with Gasteiger partial charge in [-0.05, 0) is 30.5 Å². The van der Waals surface area contributed by atoms with Crippen LogP contribution in [0.3, 0.4) is 0 Å². The molecule has 0 spiro atoms. The first-order valence-corrected chi connectivity index (χ1v) is 6.20. The number of hydrogen-bond acceptors (Lipinski definition) is 1.